The van der Waals surface area contributed by atoms with Crippen LogP contribution in [0.5, 0.6) is 0 Å². The van der Waals surface area contributed by atoms with E-state index in [1.165, 1.54) is 6.92 Å². The van der Waals surface area contributed by atoms with E-state index in [0.717, 1.165) is 6.42 Å². The predicted octanol–water partition coefficient (Wildman–Crippen LogP) is -0.118. The Balaban J connectivity index is 4.92. The van der Waals surface area contributed by atoms with E-state index in [1.807, 2.05) is 0 Å². The summed E-state index contributed by atoms with van der Waals surface area (Å²) < 4.78 is 0. The number of nitrogens with zero attached hydrogens (tertiary/aromatic N) is 1. The molecule has 0 radical (unpaired) electrons. The number of hydrogen-bond donors (Lipinski definition) is 3. The Hall–Kier alpha value is -1.73. The molecule has 114 valence electrons. The van der Waals surface area contributed by atoms with Gasteiger partial charge in [0.2, 0.25) is 5.91 Å². The second kappa shape index (κ2) is 9.22. The monoisotopic (exact) mass is 286 g/mol. The van der Waals surface area contributed by atoms with Gasteiger partial charge in [-0.2, -0.15) is 0 Å². The van der Waals surface area contributed by atoms with Crippen molar-refractivity contribution in [1.82, 2.24) is 4.90 Å². The quantitative estimate of drug-likeness (QED) is 0.401. The molecule has 1 atom stereocenters. The molecule has 0 saturated carbocycles. The van der Waals surface area contributed by atoms with Crippen LogP contribution in [-0.2, 0) is 14.4 Å². The minimum absolute atomic E-state index is 0.0306. The highest BCUT2D eigenvalue weighted by Crippen LogP contribution is 2.11. The molecule has 0 aliphatic rings. The molecule has 0 heterocycles. The Kier molecular flexibility index (Phi) is 8.42. The van der Waals surface area contributed by atoms with Gasteiger partial charge in [-0.05, 0) is 26.3 Å². The van der Waals surface area contributed by atoms with Gasteiger partial charge in [-0.15, -0.1) is 0 Å². The minimum atomic E-state index is -1.58. The normalized spacial score (nSPS) is 11.8. The van der Waals surface area contributed by atoms with E-state index in [4.69, 9.17) is 15.9 Å². The number of carboxylic acids is 1. The van der Waals surface area contributed by atoms with Crippen molar-refractivity contribution in [3.63, 3.8) is 0 Å². The molecular weight excluding hydrogens is 264 g/mol. The minimum Gasteiger partial charge on any atom is -0.480 e. The van der Waals surface area contributed by atoms with Crippen molar-refractivity contribution in [2.24, 2.45) is 5.73 Å². The molecule has 0 aromatic rings. The molecule has 7 nitrogen and oxygen atoms in total. The van der Waals surface area contributed by atoms with Gasteiger partial charge < -0.3 is 15.9 Å². The molecular formula is C13H22N2O5. The van der Waals surface area contributed by atoms with E-state index in [0.29, 0.717) is 24.3 Å². The number of nitrogens with two attached hydrogens (primary N) is 1. The maximum atomic E-state index is 12.0. The van der Waals surface area contributed by atoms with Crippen LogP contribution in [0.4, 0.5) is 0 Å². The molecule has 0 aromatic heterocycles. The van der Waals surface area contributed by atoms with Gasteiger partial charge in [0.25, 0.3) is 5.91 Å². The lowest BCUT2D eigenvalue weighted by atomic mass is 10.1. The van der Waals surface area contributed by atoms with Gasteiger partial charge in [-0.1, -0.05) is 13.0 Å². The standard InChI is InChI=1S/C13H22N2O5/c1-9(2)12(18)15(10(8-16)13(19)20)11(17)6-4-3-5-7-14/h10,16H,1,3-8,14H2,2H3,(H,19,20). The first-order valence-electron chi connectivity index (χ1n) is 6.42. The van der Waals surface area contributed by atoms with Crippen LogP contribution in [0, 0.1) is 0 Å². The maximum Gasteiger partial charge on any atom is 0.329 e. The molecule has 1 unspecified atom stereocenters. The van der Waals surface area contributed by atoms with Gasteiger partial charge in [0.15, 0.2) is 6.04 Å². The Morgan fingerprint density at radius 1 is 1.25 bits per heavy atom. The first-order chi connectivity index (χ1) is 9.36. The van der Waals surface area contributed by atoms with E-state index >= 15 is 0 Å². The highest BCUT2D eigenvalue weighted by Gasteiger charge is 2.33. The number of amides is 2. The Morgan fingerprint density at radius 2 is 1.85 bits per heavy atom. The van der Waals surface area contributed by atoms with E-state index < -0.39 is 30.4 Å². The molecule has 0 rings (SSSR count). The molecule has 0 aromatic carbocycles. The number of aliphatic hydroxyl groups excluding tert-OH is 1. The zero-order valence-electron chi connectivity index (χ0n) is 11.7. The molecule has 4 N–H and O–H groups in total. The number of unbranched alkanes of at least 4 members (excludes halogenated alkanes) is 2. The third-order valence-electron chi connectivity index (χ3n) is 2.72. The van der Waals surface area contributed by atoms with E-state index in [2.05, 4.69) is 6.58 Å². The molecule has 2 amide bonds. The lowest BCUT2D eigenvalue weighted by Gasteiger charge is -2.26. The summed E-state index contributed by atoms with van der Waals surface area (Å²) in [6.45, 7) is 4.47. The lowest BCUT2D eigenvalue weighted by molar-refractivity contribution is -0.158. The van der Waals surface area contributed by atoms with Crippen molar-refractivity contribution in [3.8, 4) is 0 Å². The fraction of sp³-hybridized carbons (Fsp3) is 0.615. The van der Waals surface area contributed by atoms with E-state index in [9.17, 15) is 14.4 Å². The van der Waals surface area contributed by atoms with Crippen LogP contribution in [0.3, 0.4) is 0 Å². The molecule has 0 saturated heterocycles. The third-order valence-corrected chi connectivity index (χ3v) is 2.72. The zero-order valence-corrected chi connectivity index (χ0v) is 11.7. The second-order valence-electron chi connectivity index (χ2n) is 4.49. The topological polar surface area (TPSA) is 121 Å². The van der Waals surface area contributed by atoms with Gasteiger partial charge >= 0.3 is 5.97 Å². The highest BCUT2D eigenvalue weighted by atomic mass is 16.4. The molecule has 20 heavy (non-hydrogen) atoms. The van der Waals surface area contributed by atoms with Crippen LogP contribution in [0.25, 0.3) is 0 Å². The average molecular weight is 286 g/mol. The van der Waals surface area contributed by atoms with Gasteiger partial charge in [0.1, 0.15) is 0 Å². The fourth-order valence-electron chi connectivity index (χ4n) is 1.62. The summed E-state index contributed by atoms with van der Waals surface area (Å²) in [5.41, 5.74) is 5.37. The summed E-state index contributed by atoms with van der Waals surface area (Å²) in [5, 5.41) is 18.1. The largest absolute Gasteiger partial charge is 0.480 e. The number of rotatable bonds is 9. The predicted molar refractivity (Wildman–Crippen MR) is 72.7 cm³/mol. The molecule has 0 fully saturated rings. The third kappa shape index (κ3) is 5.50. The Bertz CT molecular complexity index is 381. The van der Waals surface area contributed by atoms with Crippen molar-refractivity contribution in [1.29, 1.82) is 0 Å². The van der Waals surface area contributed by atoms with Gasteiger partial charge in [0.05, 0.1) is 6.61 Å². The van der Waals surface area contributed by atoms with Crippen molar-refractivity contribution >= 4 is 17.8 Å². The van der Waals surface area contributed by atoms with Crippen molar-refractivity contribution in [2.45, 2.75) is 38.6 Å². The highest BCUT2D eigenvalue weighted by molar-refractivity contribution is 6.06. The number of hydrogen-bond acceptors (Lipinski definition) is 5. The number of aliphatic carboxylic acids is 1. The Morgan fingerprint density at radius 3 is 2.25 bits per heavy atom. The van der Waals surface area contributed by atoms with Gasteiger partial charge in [-0.3, -0.25) is 14.5 Å². The number of carboxylic acid groups (broad SMARTS) is 1. The number of carbonyl (C=O) groups excluding carboxylic acids is 2. The summed E-state index contributed by atoms with van der Waals surface area (Å²) in [6.07, 6.45) is 2.01. The van der Waals surface area contributed by atoms with Crippen LogP contribution in [-0.4, -0.2) is 52.1 Å². The van der Waals surface area contributed by atoms with E-state index in [1.54, 1.807) is 0 Å². The van der Waals surface area contributed by atoms with Crippen LogP contribution in [0.2, 0.25) is 0 Å². The molecule has 0 aliphatic carbocycles. The molecule has 0 bridgehead atoms. The fourth-order valence-corrected chi connectivity index (χ4v) is 1.62. The summed E-state index contributed by atoms with van der Waals surface area (Å²) in [7, 11) is 0. The van der Waals surface area contributed by atoms with E-state index in [-0.39, 0.29) is 12.0 Å². The smallest absolute Gasteiger partial charge is 0.329 e. The van der Waals surface area contributed by atoms with Crippen LogP contribution < -0.4 is 5.73 Å². The van der Waals surface area contributed by atoms with Crippen LogP contribution in [0.1, 0.15) is 32.6 Å². The average Bonchev–Trinajstić information content (AvgIpc) is 2.39. The van der Waals surface area contributed by atoms with Crippen molar-refractivity contribution in [2.75, 3.05) is 13.2 Å². The van der Waals surface area contributed by atoms with Gasteiger partial charge in [0, 0.05) is 12.0 Å². The molecule has 0 aliphatic heterocycles. The van der Waals surface area contributed by atoms with Crippen LogP contribution >= 0.6 is 0 Å². The molecule has 0 spiro atoms. The Labute approximate surface area is 118 Å². The SMILES string of the molecule is C=C(C)C(=O)N(C(=O)CCCCCN)C(CO)C(=O)O. The number of carbonyl (C=O) groups is 3. The van der Waals surface area contributed by atoms with Crippen molar-refractivity contribution < 1.29 is 24.6 Å². The number of imide groups is 1. The maximum absolute atomic E-state index is 12.0. The first-order valence-corrected chi connectivity index (χ1v) is 6.42. The molecule has 7 heteroatoms. The summed E-state index contributed by atoms with van der Waals surface area (Å²) in [6, 6.07) is -1.58. The summed E-state index contributed by atoms with van der Waals surface area (Å²) in [4.78, 5) is 35.5. The lowest BCUT2D eigenvalue weighted by Crippen LogP contribution is -2.50. The van der Waals surface area contributed by atoms with Crippen LogP contribution in [0.15, 0.2) is 12.2 Å². The summed E-state index contributed by atoms with van der Waals surface area (Å²) >= 11 is 0. The first kappa shape index (κ1) is 18.3. The van der Waals surface area contributed by atoms with Crippen molar-refractivity contribution in [3.05, 3.63) is 12.2 Å². The number of aliphatic hydroxyl groups is 1. The second-order valence-corrected chi connectivity index (χ2v) is 4.49. The zero-order chi connectivity index (χ0) is 15.7. The van der Waals surface area contributed by atoms with Gasteiger partial charge in [-0.25, -0.2) is 4.79 Å². The summed E-state index contributed by atoms with van der Waals surface area (Å²) in [5.74, 6) is -2.84.